The first-order chi connectivity index (χ1) is 8.77. The van der Waals surface area contributed by atoms with Gasteiger partial charge in [-0.15, -0.1) is 0 Å². The fraction of sp³-hybridized carbons (Fsp3) is 0.667. The van der Waals surface area contributed by atoms with Crippen LogP contribution in [0.2, 0.25) is 0 Å². The maximum absolute atomic E-state index is 11.9. The minimum atomic E-state index is -0.109. The molecule has 0 aromatic carbocycles. The lowest BCUT2D eigenvalue weighted by atomic mass is 9.74. The van der Waals surface area contributed by atoms with Crippen molar-refractivity contribution in [1.82, 2.24) is 5.32 Å². The molecular weight excluding hydrogens is 240 g/mol. The Bertz CT molecular complexity index is 474. The Morgan fingerprint density at radius 2 is 2.32 bits per heavy atom. The van der Waals surface area contributed by atoms with E-state index in [9.17, 15) is 4.79 Å². The Labute approximate surface area is 114 Å². The average Bonchev–Trinajstić information content (AvgIpc) is 2.55. The van der Waals surface area contributed by atoms with Crippen LogP contribution in [-0.4, -0.2) is 11.9 Å². The van der Waals surface area contributed by atoms with E-state index < -0.39 is 0 Å². The third-order valence-electron chi connectivity index (χ3n) is 3.58. The first kappa shape index (κ1) is 14.1. The maximum Gasteiger partial charge on any atom is 0.222 e. The van der Waals surface area contributed by atoms with Crippen LogP contribution in [0.4, 0.5) is 0 Å². The number of aryl methyl sites for hydroxylation is 1. The second kappa shape index (κ2) is 5.00. The van der Waals surface area contributed by atoms with Gasteiger partial charge in [-0.2, -0.15) is 0 Å². The molecule has 2 unspecified atom stereocenters. The monoisotopic (exact) mass is 264 g/mol. The van der Waals surface area contributed by atoms with Gasteiger partial charge in [-0.1, -0.05) is 13.8 Å². The zero-order valence-electron chi connectivity index (χ0n) is 12.2. The van der Waals surface area contributed by atoms with Gasteiger partial charge in [-0.05, 0) is 31.7 Å². The van der Waals surface area contributed by atoms with E-state index in [-0.39, 0.29) is 23.4 Å². The Morgan fingerprint density at radius 1 is 1.63 bits per heavy atom. The summed E-state index contributed by atoms with van der Waals surface area (Å²) in [6.45, 7) is 8.21. The van der Waals surface area contributed by atoms with E-state index in [4.69, 9.17) is 10.2 Å². The smallest absolute Gasteiger partial charge is 0.222 e. The standard InChI is InChI=1S/C15H24N2O2/c1-9(16)5-14(18)17-12-7-15(3,4)8-13-11(12)6-10(2)19-13/h6,9,12H,5,7-8,16H2,1-4H3,(H,17,18). The van der Waals surface area contributed by atoms with Crippen LogP contribution in [0.5, 0.6) is 0 Å². The molecule has 19 heavy (non-hydrogen) atoms. The number of amides is 1. The van der Waals surface area contributed by atoms with Gasteiger partial charge in [0, 0.05) is 24.4 Å². The molecule has 2 atom stereocenters. The lowest BCUT2D eigenvalue weighted by Crippen LogP contribution is -2.37. The Hall–Kier alpha value is -1.29. The minimum absolute atomic E-state index is 0.0162. The first-order valence-electron chi connectivity index (χ1n) is 6.91. The molecule has 0 fully saturated rings. The van der Waals surface area contributed by atoms with Gasteiger partial charge >= 0.3 is 0 Å². The summed E-state index contributed by atoms with van der Waals surface area (Å²) in [7, 11) is 0. The van der Waals surface area contributed by atoms with Crippen LogP contribution in [0.25, 0.3) is 0 Å². The first-order valence-corrected chi connectivity index (χ1v) is 6.91. The van der Waals surface area contributed by atoms with Crippen LogP contribution in [0, 0.1) is 12.3 Å². The molecule has 1 aromatic heterocycles. The number of nitrogens with two attached hydrogens (primary N) is 1. The SMILES string of the molecule is Cc1cc2c(o1)CC(C)(C)CC2NC(=O)CC(C)N. The number of rotatable bonds is 3. The van der Waals surface area contributed by atoms with Crippen molar-refractivity contribution in [3.05, 3.63) is 23.2 Å². The molecule has 1 aliphatic carbocycles. The summed E-state index contributed by atoms with van der Waals surface area (Å²) in [6, 6.07) is 1.98. The molecule has 1 aromatic rings. The Balaban J connectivity index is 2.18. The molecule has 0 saturated heterocycles. The molecule has 0 saturated carbocycles. The second-order valence-electron chi connectivity index (χ2n) is 6.58. The quantitative estimate of drug-likeness (QED) is 0.881. The molecule has 1 aliphatic rings. The molecule has 0 radical (unpaired) electrons. The topological polar surface area (TPSA) is 68.3 Å². The van der Waals surface area contributed by atoms with Crippen molar-refractivity contribution < 1.29 is 9.21 Å². The summed E-state index contributed by atoms with van der Waals surface area (Å²) in [5, 5.41) is 3.10. The van der Waals surface area contributed by atoms with E-state index >= 15 is 0 Å². The molecule has 1 amide bonds. The largest absolute Gasteiger partial charge is 0.466 e. The Morgan fingerprint density at radius 3 is 2.95 bits per heavy atom. The van der Waals surface area contributed by atoms with E-state index in [0.29, 0.717) is 6.42 Å². The number of furan rings is 1. The number of hydrogen-bond donors (Lipinski definition) is 2. The molecule has 3 N–H and O–H groups in total. The highest BCUT2D eigenvalue weighted by Gasteiger charge is 2.35. The van der Waals surface area contributed by atoms with Crippen molar-refractivity contribution in [3.63, 3.8) is 0 Å². The molecule has 4 nitrogen and oxygen atoms in total. The fourth-order valence-corrected chi connectivity index (χ4v) is 2.86. The number of nitrogens with one attached hydrogen (secondary N) is 1. The van der Waals surface area contributed by atoms with Crippen LogP contribution in [0.3, 0.4) is 0 Å². The van der Waals surface area contributed by atoms with E-state index in [2.05, 4.69) is 19.2 Å². The summed E-state index contributed by atoms with van der Waals surface area (Å²) in [6.07, 6.45) is 2.22. The molecule has 0 aliphatic heterocycles. The van der Waals surface area contributed by atoms with Gasteiger partial charge in [0.05, 0.1) is 6.04 Å². The van der Waals surface area contributed by atoms with Gasteiger partial charge in [0.25, 0.3) is 0 Å². The molecule has 2 rings (SSSR count). The summed E-state index contributed by atoms with van der Waals surface area (Å²) in [5.41, 5.74) is 6.95. The lowest BCUT2D eigenvalue weighted by Gasteiger charge is -2.34. The number of fused-ring (bicyclic) bond motifs is 1. The van der Waals surface area contributed by atoms with E-state index in [1.807, 2.05) is 19.9 Å². The summed E-state index contributed by atoms with van der Waals surface area (Å²) < 4.78 is 5.76. The van der Waals surface area contributed by atoms with Crippen LogP contribution in [0.1, 0.15) is 56.7 Å². The van der Waals surface area contributed by atoms with Crippen LogP contribution < -0.4 is 11.1 Å². The normalized spacial score (nSPS) is 22.7. The second-order valence-corrected chi connectivity index (χ2v) is 6.58. The van der Waals surface area contributed by atoms with Gasteiger partial charge in [0.15, 0.2) is 0 Å². The van der Waals surface area contributed by atoms with E-state index in [1.54, 1.807) is 0 Å². The lowest BCUT2D eigenvalue weighted by molar-refractivity contribution is -0.122. The molecule has 1 heterocycles. The van der Waals surface area contributed by atoms with Crippen LogP contribution >= 0.6 is 0 Å². The van der Waals surface area contributed by atoms with Crippen molar-refractivity contribution >= 4 is 5.91 Å². The molecule has 4 heteroatoms. The van der Waals surface area contributed by atoms with Gasteiger partial charge in [0.1, 0.15) is 11.5 Å². The van der Waals surface area contributed by atoms with E-state index in [0.717, 1.165) is 29.9 Å². The highest BCUT2D eigenvalue weighted by Crippen LogP contribution is 2.41. The molecule has 0 bridgehead atoms. The summed E-state index contributed by atoms with van der Waals surface area (Å²) in [5.74, 6) is 1.94. The van der Waals surface area contributed by atoms with Gasteiger partial charge in [-0.3, -0.25) is 4.79 Å². The van der Waals surface area contributed by atoms with Crippen molar-refractivity contribution in [1.29, 1.82) is 0 Å². The number of carbonyl (C=O) groups excluding carboxylic acids is 1. The summed E-state index contributed by atoms with van der Waals surface area (Å²) >= 11 is 0. The van der Waals surface area contributed by atoms with Crippen molar-refractivity contribution in [2.45, 2.75) is 59.0 Å². The Kier molecular flexibility index (Phi) is 3.72. The maximum atomic E-state index is 11.9. The van der Waals surface area contributed by atoms with Crippen molar-refractivity contribution in [3.8, 4) is 0 Å². The predicted octanol–water partition coefficient (Wildman–Crippen LogP) is 2.46. The van der Waals surface area contributed by atoms with Crippen molar-refractivity contribution in [2.75, 3.05) is 0 Å². The van der Waals surface area contributed by atoms with E-state index in [1.165, 1.54) is 0 Å². The third kappa shape index (κ3) is 3.38. The van der Waals surface area contributed by atoms with Crippen molar-refractivity contribution in [2.24, 2.45) is 11.1 Å². The molecular formula is C15H24N2O2. The van der Waals surface area contributed by atoms with Gasteiger partial charge in [0.2, 0.25) is 5.91 Å². The highest BCUT2D eigenvalue weighted by atomic mass is 16.3. The van der Waals surface area contributed by atoms with Crippen LogP contribution in [-0.2, 0) is 11.2 Å². The predicted molar refractivity (Wildman–Crippen MR) is 74.7 cm³/mol. The van der Waals surface area contributed by atoms with Crippen LogP contribution in [0.15, 0.2) is 10.5 Å². The highest BCUT2D eigenvalue weighted by molar-refractivity contribution is 5.77. The fourth-order valence-electron chi connectivity index (χ4n) is 2.86. The number of carbonyl (C=O) groups is 1. The average molecular weight is 264 g/mol. The van der Waals surface area contributed by atoms with Gasteiger partial charge in [-0.25, -0.2) is 0 Å². The zero-order valence-corrected chi connectivity index (χ0v) is 12.2. The number of hydrogen-bond acceptors (Lipinski definition) is 3. The molecule has 0 spiro atoms. The summed E-state index contributed by atoms with van der Waals surface area (Å²) in [4.78, 5) is 11.9. The van der Waals surface area contributed by atoms with Gasteiger partial charge < -0.3 is 15.5 Å². The minimum Gasteiger partial charge on any atom is -0.466 e. The zero-order chi connectivity index (χ0) is 14.2. The molecule has 106 valence electrons. The third-order valence-corrected chi connectivity index (χ3v) is 3.58.